The van der Waals surface area contributed by atoms with E-state index in [1.807, 2.05) is 47.6 Å². The van der Waals surface area contributed by atoms with Crippen molar-refractivity contribution in [3.63, 3.8) is 0 Å². The zero-order chi connectivity index (χ0) is 16.4. The first-order chi connectivity index (χ1) is 9.71. The number of Topliss-reactive ketones (excluding diaryl/α,β-unsaturated/α-hetero) is 1. The summed E-state index contributed by atoms with van der Waals surface area (Å²) in [7, 11) is 0. The number of carbonyl (C=O) groups is 1. The molecule has 0 N–H and O–H groups in total. The van der Waals surface area contributed by atoms with Gasteiger partial charge < -0.3 is 0 Å². The van der Waals surface area contributed by atoms with Crippen molar-refractivity contribution in [3.8, 4) is 0 Å². The first-order valence-electron chi connectivity index (χ1n) is 7.16. The largest absolute Gasteiger partial charge is 0.289 e. The zero-order valence-electron chi connectivity index (χ0n) is 13.9. The predicted molar refractivity (Wildman–Crippen MR) is 93.9 cm³/mol. The molecule has 0 bridgehead atoms. The number of hydrogen-bond acceptors (Lipinski definition) is 1. The number of carbonyl (C=O) groups excluding carboxylic acids is 1. The maximum Gasteiger partial charge on any atom is 0.192 e. The molecule has 112 valence electrons. The Balaban J connectivity index is -0.000000656. The summed E-state index contributed by atoms with van der Waals surface area (Å²) in [5, 5.41) is 0. The second-order valence-corrected chi connectivity index (χ2v) is 3.03. The summed E-state index contributed by atoms with van der Waals surface area (Å²) >= 11 is 0. The highest BCUT2D eigenvalue weighted by Gasteiger charge is 2.08. The van der Waals surface area contributed by atoms with Gasteiger partial charge in [0.2, 0.25) is 0 Å². The molecule has 0 saturated carbocycles. The van der Waals surface area contributed by atoms with Crippen LogP contribution in [0, 0.1) is 0 Å². The minimum absolute atomic E-state index is 0.0152. The van der Waals surface area contributed by atoms with E-state index < -0.39 is 0 Å². The molecule has 0 aromatic carbocycles. The van der Waals surface area contributed by atoms with E-state index in [1.165, 1.54) is 0 Å². The Bertz CT molecular complexity index is 377. The van der Waals surface area contributed by atoms with Crippen molar-refractivity contribution in [2.45, 2.75) is 41.5 Å². The third-order valence-electron chi connectivity index (χ3n) is 1.89. The molecular formula is C19H30O. The highest BCUT2D eigenvalue weighted by Crippen LogP contribution is 2.10. The Morgan fingerprint density at radius 1 is 0.850 bits per heavy atom. The molecule has 0 atom stereocenters. The van der Waals surface area contributed by atoms with Crippen molar-refractivity contribution < 1.29 is 4.79 Å². The van der Waals surface area contributed by atoms with Gasteiger partial charge in [0.15, 0.2) is 5.78 Å². The minimum Gasteiger partial charge on any atom is -0.289 e. The van der Waals surface area contributed by atoms with Crippen LogP contribution in [0.25, 0.3) is 0 Å². The van der Waals surface area contributed by atoms with E-state index in [0.717, 1.165) is 0 Å². The summed E-state index contributed by atoms with van der Waals surface area (Å²) in [4.78, 5) is 12.0. The van der Waals surface area contributed by atoms with Crippen LogP contribution in [0.3, 0.4) is 0 Å². The van der Waals surface area contributed by atoms with Crippen LogP contribution in [-0.4, -0.2) is 5.78 Å². The number of ketones is 1. The van der Waals surface area contributed by atoms with Crippen molar-refractivity contribution in [2.75, 3.05) is 0 Å². The van der Waals surface area contributed by atoms with Crippen LogP contribution in [0.1, 0.15) is 41.5 Å². The molecule has 0 aliphatic rings. The summed E-state index contributed by atoms with van der Waals surface area (Å²) in [6, 6.07) is 0. The molecule has 0 rings (SSSR count). The molecule has 1 heteroatoms. The normalized spacial score (nSPS) is 11.3. The molecule has 0 fully saturated rings. The monoisotopic (exact) mass is 274 g/mol. The molecule has 0 aliphatic heterocycles. The maximum absolute atomic E-state index is 12.0. The van der Waals surface area contributed by atoms with Crippen molar-refractivity contribution in [2.24, 2.45) is 0 Å². The van der Waals surface area contributed by atoms with Crippen LogP contribution in [0.15, 0.2) is 72.9 Å². The Hall–Kier alpha value is -1.89. The summed E-state index contributed by atoms with van der Waals surface area (Å²) < 4.78 is 0. The molecule has 0 unspecified atom stereocenters. The molecule has 0 spiro atoms. The van der Waals surface area contributed by atoms with E-state index in [1.54, 1.807) is 42.5 Å². The lowest BCUT2D eigenvalue weighted by molar-refractivity contribution is -0.111. The maximum atomic E-state index is 12.0. The van der Waals surface area contributed by atoms with Crippen molar-refractivity contribution in [1.82, 2.24) is 0 Å². The topological polar surface area (TPSA) is 17.1 Å². The Labute approximate surface area is 125 Å². The fourth-order valence-corrected chi connectivity index (χ4v) is 1.15. The third-order valence-corrected chi connectivity index (χ3v) is 1.89. The van der Waals surface area contributed by atoms with E-state index in [-0.39, 0.29) is 5.78 Å². The lowest BCUT2D eigenvalue weighted by Crippen LogP contribution is -2.02. The molecule has 0 radical (unpaired) electrons. The van der Waals surface area contributed by atoms with Gasteiger partial charge in [-0.15, -0.1) is 0 Å². The van der Waals surface area contributed by atoms with Crippen LogP contribution in [0.2, 0.25) is 0 Å². The standard InChI is InChI=1S/C15H18O.2C2H6/c1-5-9-12-13(8-4)15(16)14(10-6-2)11-7-3;2*1-2/h5-12H,1-2H2,3-4H3;2*1-2H3/b11-7-,12-9-,13-8+,14-10+;;. The van der Waals surface area contributed by atoms with Gasteiger partial charge in [-0.3, -0.25) is 4.79 Å². The Morgan fingerprint density at radius 2 is 1.40 bits per heavy atom. The van der Waals surface area contributed by atoms with Gasteiger partial charge in [0.25, 0.3) is 0 Å². The SMILES string of the molecule is C=C/C=C\C(=C/C)C(=O)C(/C=C\C)=C/C=C.CC.CC. The summed E-state index contributed by atoms with van der Waals surface area (Å²) in [5.41, 5.74) is 1.27. The fourth-order valence-electron chi connectivity index (χ4n) is 1.15. The average Bonchev–Trinajstić information content (AvgIpc) is 2.51. The van der Waals surface area contributed by atoms with Crippen LogP contribution < -0.4 is 0 Å². The van der Waals surface area contributed by atoms with Gasteiger partial charge in [-0.1, -0.05) is 89.5 Å². The molecule has 0 aromatic rings. The van der Waals surface area contributed by atoms with E-state index in [2.05, 4.69) is 13.2 Å². The van der Waals surface area contributed by atoms with Gasteiger partial charge in [0, 0.05) is 11.1 Å². The minimum atomic E-state index is -0.0152. The van der Waals surface area contributed by atoms with E-state index >= 15 is 0 Å². The van der Waals surface area contributed by atoms with E-state index in [9.17, 15) is 4.79 Å². The quantitative estimate of drug-likeness (QED) is 0.430. The van der Waals surface area contributed by atoms with Gasteiger partial charge in [0.05, 0.1) is 0 Å². The molecule has 20 heavy (non-hydrogen) atoms. The number of allylic oxidation sites excluding steroid dienone is 10. The van der Waals surface area contributed by atoms with Gasteiger partial charge in [-0.25, -0.2) is 0 Å². The van der Waals surface area contributed by atoms with E-state index in [4.69, 9.17) is 0 Å². The Morgan fingerprint density at radius 3 is 1.75 bits per heavy atom. The van der Waals surface area contributed by atoms with Crippen LogP contribution in [-0.2, 0) is 4.79 Å². The molecular weight excluding hydrogens is 244 g/mol. The lowest BCUT2D eigenvalue weighted by atomic mass is 10.0. The fraction of sp³-hybridized carbons (Fsp3) is 0.316. The number of rotatable bonds is 6. The molecule has 0 aromatic heterocycles. The van der Waals surface area contributed by atoms with Crippen molar-refractivity contribution in [1.29, 1.82) is 0 Å². The summed E-state index contributed by atoms with van der Waals surface area (Å²) in [5.74, 6) is -0.0152. The van der Waals surface area contributed by atoms with Crippen molar-refractivity contribution in [3.05, 3.63) is 72.9 Å². The van der Waals surface area contributed by atoms with Gasteiger partial charge in [-0.2, -0.15) is 0 Å². The van der Waals surface area contributed by atoms with Gasteiger partial charge in [-0.05, 0) is 13.8 Å². The lowest BCUT2D eigenvalue weighted by Gasteiger charge is -2.01. The van der Waals surface area contributed by atoms with Gasteiger partial charge in [0.1, 0.15) is 0 Å². The smallest absolute Gasteiger partial charge is 0.192 e. The van der Waals surface area contributed by atoms with Crippen LogP contribution in [0.4, 0.5) is 0 Å². The highest BCUT2D eigenvalue weighted by atomic mass is 16.1. The van der Waals surface area contributed by atoms with Crippen LogP contribution in [0.5, 0.6) is 0 Å². The zero-order valence-corrected chi connectivity index (χ0v) is 13.9. The van der Waals surface area contributed by atoms with E-state index in [0.29, 0.717) is 11.1 Å². The molecule has 0 aliphatic carbocycles. The first-order valence-corrected chi connectivity index (χ1v) is 7.16. The second kappa shape index (κ2) is 19.4. The molecule has 0 saturated heterocycles. The Kier molecular flexibility index (Phi) is 22.6. The van der Waals surface area contributed by atoms with Crippen molar-refractivity contribution >= 4 is 5.78 Å². The second-order valence-electron chi connectivity index (χ2n) is 3.03. The summed E-state index contributed by atoms with van der Waals surface area (Å²) in [6.07, 6.45) is 13.8. The van der Waals surface area contributed by atoms with Crippen LogP contribution >= 0.6 is 0 Å². The number of hydrogen-bond donors (Lipinski definition) is 0. The molecule has 1 nitrogen and oxygen atoms in total. The molecule has 0 heterocycles. The predicted octanol–water partition coefficient (Wildman–Crippen LogP) is 5.98. The molecule has 0 amide bonds. The first kappa shape index (κ1) is 23.2. The average molecular weight is 274 g/mol. The highest BCUT2D eigenvalue weighted by molar-refractivity contribution is 6.11. The third kappa shape index (κ3) is 11.2. The summed E-state index contributed by atoms with van der Waals surface area (Å²) in [6.45, 7) is 18.9. The van der Waals surface area contributed by atoms with Gasteiger partial charge >= 0.3 is 0 Å².